The first kappa shape index (κ1) is 37.0. The van der Waals surface area contributed by atoms with Crippen molar-refractivity contribution in [2.75, 3.05) is 26.2 Å². The fourth-order valence-electron chi connectivity index (χ4n) is 6.69. The lowest BCUT2D eigenvalue weighted by atomic mass is 10.0. The Bertz CT molecular complexity index is 416. The van der Waals surface area contributed by atoms with Gasteiger partial charge in [0, 0.05) is 0 Å². The summed E-state index contributed by atoms with van der Waals surface area (Å²) < 4.78 is 1.50. The third kappa shape index (κ3) is 26.6. The lowest BCUT2D eigenvalue weighted by Gasteiger charge is -2.18. The van der Waals surface area contributed by atoms with Gasteiger partial charge < -0.3 is 4.48 Å². The molecule has 0 unspecified atom stereocenters. The van der Waals surface area contributed by atoms with Gasteiger partial charge in [0.2, 0.25) is 0 Å². The van der Waals surface area contributed by atoms with Crippen molar-refractivity contribution in [3.05, 3.63) is 0 Å². The second-order valence-electron chi connectivity index (χ2n) is 13.8. The minimum absolute atomic E-state index is 1.37. The summed E-state index contributed by atoms with van der Waals surface area (Å²) in [6.45, 7) is 10.6. The van der Waals surface area contributed by atoms with Crippen LogP contribution in [0.5, 0.6) is 0 Å². The zero-order chi connectivity index (χ0) is 28.0. The van der Waals surface area contributed by atoms with Gasteiger partial charge in [0.15, 0.2) is 0 Å². The Labute approximate surface area is 249 Å². The van der Waals surface area contributed by atoms with Crippen LogP contribution in [-0.2, 0) is 0 Å². The average Bonchev–Trinajstić information content (AvgIpc) is 3.72. The topological polar surface area (TPSA) is 0 Å². The van der Waals surface area contributed by atoms with Gasteiger partial charge in [-0.25, -0.2) is 0 Å². The molecule has 234 valence electrons. The zero-order valence-corrected chi connectivity index (χ0v) is 27.9. The van der Waals surface area contributed by atoms with E-state index in [-0.39, 0.29) is 0 Å². The van der Waals surface area contributed by atoms with Crippen LogP contribution in [0.15, 0.2) is 0 Å². The van der Waals surface area contributed by atoms with E-state index in [9.17, 15) is 0 Å². The second kappa shape index (κ2) is 29.5. The summed E-state index contributed by atoms with van der Waals surface area (Å²) in [4.78, 5) is 0. The van der Waals surface area contributed by atoms with Gasteiger partial charge in [-0.15, -0.1) is 0 Å². The Morgan fingerprint density at radius 1 is 0.256 bits per heavy atom. The van der Waals surface area contributed by atoms with Gasteiger partial charge in [-0.3, -0.25) is 0 Å². The van der Waals surface area contributed by atoms with Crippen LogP contribution in [0.4, 0.5) is 0 Å². The molecule has 1 fully saturated rings. The molecule has 1 saturated heterocycles. The van der Waals surface area contributed by atoms with Gasteiger partial charge >= 0.3 is 0 Å². The van der Waals surface area contributed by atoms with E-state index in [0.717, 1.165) is 0 Å². The lowest BCUT2D eigenvalue weighted by Crippen LogP contribution is -2.28. The molecule has 0 amide bonds. The molecule has 1 nitrogen and oxygen atoms in total. The molecule has 0 aromatic rings. The fraction of sp³-hybridized carbons (Fsp3) is 1.00. The lowest BCUT2D eigenvalue weighted by molar-refractivity contribution is -0.800. The van der Waals surface area contributed by atoms with Crippen LogP contribution < -0.4 is 0 Å². The Morgan fingerprint density at radius 2 is 0.436 bits per heavy atom. The molecule has 0 aromatic carbocycles. The molecule has 0 bridgehead atoms. The van der Waals surface area contributed by atoms with Crippen LogP contribution in [0.1, 0.15) is 219 Å². The van der Waals surface area contributed by atoms with Crippen LogP contribution in [0.25, 0.3) is 0 Å². The molecule has 1 heterocycles. The summed E-state index contributed by atoms with van der Waals surface area (Å²) in [5, 5.41) is 0. The maximum Gasteiger partial charge on any atom is 0.129 e. The number of hydrogen-bond donors (Lipinski definition) is 0. The van der Waals surface area contributed by atoms with Crippen molar-refractivity contribution >= 4 is 0 Å². The van der Waals surface area contributed by atoms with E-state index in [1.54, 1.807) is 0 Å². The highest BCUT2D eigenvalue weighted by Crippen LogP contribution is 2.25. The molecule has 0 aliphatic carbocycles. The molecule has 1 rings (SSSR count). The summed E-state index contributed by atoms with van der Waals surface area (Å²) in [6.07, 6.45) is 47.4. The first-order valence-corrected chi connectivity index (χ1v) is 19.2. The maximum atomic E-state index is 2.31. The molecule has 0 radical (unpaired) electrons. The van der Waals surface area contributed by atoms with E-state index in [0.29, 0.717) is 0 Å². The molecule has 39 heavy (non-hydrogen) atoms. The first-order chi connectivity index (χ1) is 19.3. The van der Waals surface area contributed by atoms with Gasteiger partial charge in [-0.1, -0.05) is 194 Å². The van der Waals surface area contributed by atoms with Crippen molar-refractivity contribution in [2.24, 2.45) is 0 Å². The normalized spacial score (nSPS) is 14.3. The molecule has 0 spiro atoms. The van der Waals surface area contributed by atoms with Crippen molar-refractivity contribution in [3.63, 3.8) is 0 Å². The van der Waals surface area contributed by atoms with Crippen molar-refractivity contribution in [1.82, 2.24) is 0 Å². The number of rotatable bonds is 34. The van der Waals surface area contributed by atoms with Crippen LogP contribution in [0.3, 0.4) is 0 Å². The molecule has 0 aromatic heterocycles. The highest BCUT2D eigenvalue weighted by molar-refractivity contribution is 4.59. The number of quaternary nitrogens is 1. The number of unbranched alkanes of at least 4 members (excludes halogenated alkanes) is 30. The van der Waals surface area contributed by atoms with Gasteiger partial charge in [0.1, 0.15) is 13.1 Å². The molecule has 1 aliphatic heterocycles. The van der Waals surface area contributed by atoms with E-state index >= 15 is 0 Å². The summed E-state index contributed by atoms with van der Waals surface area (Å²) in [5.41, 5.74) is 0. The molecule has 0 N–H and O–H groups in total. The van der Waals surface area contributed by atoms with Crippen LogP contribution in [-0.4, -0.2) is 30.7 Å². The predicted octanol–water partition coefficient (Wildman–Crippen LogP) is 13.3. The molecule has 0 atom stereocenters. The smallest absolute Gasteiger partial charge is 0.129 e. The van der Waals surface area contributed by atoms with Crippen molar-refractivity contribution in [1.29, 1.82) is 0 Å². The summed E-state index contributed by atoms with van der Waals surface area (Å²) in [7, 11) is 0. The SMILES string of the molecule is CCCCCCCCCCCCCCCCCC[N+]1(CCCCCCCCCCCCCCCCCC)CC1. The predicted molar refractivity (Wildman–Crippen MR) is 179 cm³/mol. The average molecular weight is 549 g/mol. The summed E-state index contributed by atoms with van der Waals surface area (Å²) in [5.74, 6) is 0. The molecule has 1 heteroatoms. The van der Waals surface area contributed by atoms with E-state index in [2.05, 4.69) is 13.8 Å². The van der Waals surface area contributed by atoms with Crippen LogP contribution in [0, 0.1) is 0 Å². The summed E-state index contributed by atoms with van der Waals surface area (Å²) in [6, 6.07) is 0. The molecule has 0 saturated carbocycles. The Hall–Kier alpha value is -0.0400. The highest BCUT2D eigenvalue weighted by atomic mass is 15.5. The monoisotopic (exact) mass is 549 g/mol. The molecular weight excluding hydrogens is 470 g/mol. The molecular formula is C38H78N+. The van der Waals surface area contributed by atoms with Gasteiger partial charge in [-0.05, 0) is 25.7 Å². The minimum Gasteiger partial charge on any atom is -0.314 e. The van der Waals surface area contributed by atoms with E-state index in [1.807, 2.05) is 0 Å². The van der Waals surface area contributed by atoms with Crippen LogP contribution in [0.2, 0.25) is 0 Å². The third-order valence-electron chi connectivity index (χ3n) is 9.83. The van der Waals surface area contributed by atoms with E-state index in [1.165, 1.54) is 236 Å². The van der Waals surface area contributed by atoms with Gasteiger partial charge in [0.25, 0.3) is 0 Å². The molecule has 1 aliphatic rings. The van der Waals surface area contributed by atoms with Gasteiger partial charge in [0.05, 0.1) is 13.1 Å². The van der Waals surface area contributed by atoms with E-state index < -0.39 is 0 Å². The largest absolute Gasteiger partial charge is 0.314 e. The minimum atomic E-state index is 1.37. The Balaban J connectivity index is 1.73. The van der Waals surface area contributed by atoms with Crippen LogP contribution >= 0.6 is 0 Å². The Kier molecular flexibility index (Phi) is 27.9. The Morgan fingerprint density at radius 3 is 0.615 bits per heavy atom. The second-order valence-corrected chi connectivity index (χ2v) is 13.8. The maximum absolute atomic E-state index is 2.31. The highest BCUT2D eigenvalue weighted by Gasteiger charge is 2.40. The quantitative estimate of drug-likeness (QED) is 0.0426. The van der Waals surface area contributed by atoms with E-state index in [4.69, 9.17) is 0 Å². The fourth-order valence-corrected chi connectivity index (χ4v) is 6.69. The van der Waals surface area contributed by atoms with Crippen molar-refractivity contribution < 1.29 is 4.48 Å². The van der Waals surface area contributed by atoms with Gasteiger partial charge in [-0.2, -0.15) is 0 Å². The van der Waals surface area contributed by atoms with Crippen molar-refractivity contribution in [2.45, 2.75) is 219 Å². The van der Waals surface area contributed by atoms with Crippen molar-refractivity contribution in [3.8, 4) is 0 Å². The first-order valence-electron chi connectivity index (χ1n) is 19.2. The number of nitrogens with zero attached hydrogens (tertiary/aromatic N) is 1. The third-order valence-corrected chi connectivity index (χ3v) is 9.83. The zero-order valence-electron chi connectivity index (χ0n) is 27.9. The number of hydrogen-bond acceptors (Lipinski definition) is 0. The standard InChI is InChI=1S/C38H78N/c1-3-5-7-9-11-13-15-17-19-21-23-25-27-29-31-33-35-39(37-38-39)36-34-32-30-28-26-24-22-20-18-16-14-12-10-8-6-4-2/h3-38H2,1-2H3/q+1. The summed E-state index contributed by atoms with van der Waals surface area (Å²) >= 11 is 0.